The molecule has 0 atom stereocenters. The van der Waals surface area contributed by atoms with Gasteiger partial charge in [-0.15, -0.1) is 0 Å². The van der Waals surface area contributed by atoms with Gasteiger partial charge in [0.25, 0.3) is 0 Å². The minimum Gasteiger partial charge on any atom is -0.409 e. The predicted octanol–water partition coefficient (Wildman–Crippen LogP) is 2.65. The molecule has 4 nitrogen and oxygen atoms in total. The van der Waals surface area contributed by atoms with Crippen molar-refractivity contribution in [3.05, 3.63) is 34.9 Å². The number of hydrogen-bond acceptors (Lipinski definition) is 3. The fraction of sp³-hybridized carbons (Fsp3) is 0.562. The van der Waals surface area contributed by atoms with Crippen LogP contribution in [0.2, 0.25) is 0 Å². The van der Waals surface area contributed by atoms with Gasteiger partial charge >= 0.3 is 0 Å². The number of oxime groups is 1. The van der Waals surface area contributed by atoms with Crippen molar-refractivity contribution in [2.45, 2.75) is 40.2 Å². The van der Waals surface area contributed by atoms with E-state index in [-0.39, 0.29) is 5.41 Å². The summed E-state index contributed by atoms with van der Waals surface area (Å²) in [5.74, 6) is 0.365. The minimum absolute atomic E-state index is 0.161. The maximum atomic E-state index is 8.88. The molecule has 1 aliphatic heterocycles. The molecule has 1 saturated heterocycles. The maximum Gasteiger partial charge on any atom is 0.145 e. The Morgan fingerprint density at radius 1 is 1.30 bits per heavy atom. The van der Waals surface area contributed by atoms with Crippen molar-refractivity contribution in [2.75, 3.05) is 13.1 Å². The number of nitrogens with zero attached hydrogens (tertiary/aromatic N) is 2. The average molecular weight is 275 g/mol. The number of amidine groups is 1. The molecule has 0 bridgehead atoms. The summed E-state index contributed by atoms with van der Waals surface area (Å²) in [7, 11) is 0. The van der Waals surface area contributed by atoms with E-state index in [4.69, 9.17) is 10.9 Å². The average Bonchev–Trinajstić information content (AvgIpc) is 2.44. The van der Waals surface area contributed by atoms with Crippen molar-refractivity contribution >= 4 is 5.84 Å². The van der Waals surface area contributed by atoms with Gasteiger partial charge in [0.1, 0.15) is 5.84 Å². The highest BCUT2D eigenvalue weighted by molar-refractivity contribution is 5.85. The van der Waals surface area contributed by atoms with Crippen LogP contribution in [-0.4, -0.2) is 29.0 Å². The number of hydrogen-bond donors (Lipinski definition) is 2. The van der Waals surface area contributed by atoms with Gasteiger partial charge < -0.3 is 10.9 Å². The van der Waals surface area contributed by atoms with Crippen molar-refractivity contribution in [2.24, 2.45) is 16.3 Å². The van der Waals surface area contributed by atoms with E-state index >= 15 is 0 Å². The summed E-state index contributed by atoms with van der Waals surface area (Å²) >= 11 is 0. The molecule has 1 aromatic rings. The van der Waals surface area contributed by atoms with Crippen LogP contribution < -0.4 is 5.73 Å². The normalized spacial score (nSPS) is 20.1. The van der Waals surface area contributed by atoms with Crippen LogP contribution in [0.4, 0.5) is 0 Å². The lowest BCUT2D eigenvalue weighted by Crippen LogP contribution is -2.45. The molecule has 1 heterocycles. The fourth-order valence-corrected chi connectivity index (χ4v) is 2.90. The van der Waals surface area contributed by atoms with E-state index in [0.717, 1.165) is 32.5 Å². The van der Waals surface area contributed by atoms with Gasteiger partial charge in [0, 0.05) is 12.0 Å². The topological polar surface area (TPSA) is 61.8 Å². The molecule has 0 amide bonds. The number of piperidine rings is 1. The van der Waals surface area contributed by atoms with E-state index in [2.05, 4.69) is 49.0 Å². The molecule has 110 valence electrons. The zero-order chi connectivity index (χ0) is 14.8. The third-order valence-corrected chi connectivity index (χ3v) is 4.71. The molecule has 0 aromatic heterocycles. The molecule has 0 radical (unpaired) electrons. The fourth-order valence-electron chi connectivity index (χ4n) is 2.90. The first-order valence-electron chi connectivity index (χ1n) is 7.22. The Morgan fingerprint density at radius 2 is 1.85 bits per heavy atom. The van der Waals surface area contributed by atoms with E-state index in [1.54, 1.807) is 0 Å². The third kappa shape index (κ3) is 2.96. The predicted molar refractivity (Wildman–Crippen MR) is 81.9 cm³/mol. The number of aryl methyl sites for hydroxylation is 2. The lowest BCUT2D eigenvalue weighted by Gasteiger charge is -2.38. The van der Waals surface area contributed by atoms with E-state index < -0.39 is 0 Å². The molecular weight excluding hydrogens is 250 g/mol. The molecule has 1 aromatic carbocycles. The Morgan fingerprint density at radius 3 is 2.35 bits per heavy atom. The van der Waals surface area contributed by atoms with Crippen LogP contribution in [0.15, 0.2) is 23.4 Å². The van der Waals surface area contributed by atoms with Crippen LogP contribution in [0.1, 0.15) is 36.5 Å². The Labute approximate surface area is 121 Å². The number of likely N-dealkylation sites (tertiary alicyclic amines) is 1. The molecule has 3 N–H and O–H groups in total. The number of benzene rings is 1. The highest BCUT2D eigenvalue weighted by Crippen LogP contribution is 2.32. The Bertz CT molecular complexity index is 482. The monoisotopic (exact) mass is 275 g/mol. The number of rotatable bonds is 3. The van der Waals surface area contributed by atoms with E-state index in [1.807, 2.05) is 0 Å². The van der Waals surface area contributed by atoms with Gasteiger partial charge in [-0.2, -0.15) is 0 Å². The maximum absolute atomic E-state index is 8.88. The summed E-state index contributed by atoms with van der Waals surface area (Å²) in [6, 6.07) is 6.46. The minimum atomic E-state index is -0.161. The van der Waals surface area contributed by atoms with Crippen LogP contribution in [0.5, 0.6) is 0 Å². The summed E-state index contributed by atoms with van der Waals surface area (Å²) < 4.78 is 0. The van der Waals surface area contributed by atoms with Gasteiger partial charge in [0.2, 0.25) is 0 Å². The zero-order valence-electron chi connectivity index (χ0n) is 12.7. The van der Waals surface area contributed by atoms with Gasteiger partial charge in [-0.05, 0) is 56.5 Å². The summed E-state index contributed by atoms with van der Waals surface area (Å²) in [5.41, 5.74) is 9.79. The van der Waals surface area contributed by atoms with Crippen LogP contribution in [0.25, 0.3) is 0 Å². The van der Waals surface area contributed by atoms with E-state index in [0.29, 0.717) is 5.84 Å². The molecule has 20 heavy (non-hydrogen) atoms. The highest BCUT2D eigenvalue weighted by Gasteiger charge is 2.34. The third-order valence-electron chi connectivity index (χ3n) is 4.71. The molecule has 0 spiro atoms. The van der Waals surface area contributed by atoms with Crippen molar-refractivity contribution in [3.8, 4) is 0 Å². The molecule has 0 aliphatic carbocycles. The summed E-state index contributed by atoms with van der Waals surface area (Å²) in [6.07, 6.45) is 1.88. The first kappa shape index (κ1) is 14.9. The lowest BCUT2D eigenvalue weighted by atomic mass is 9.79. The molecular formula is C16H25N3O. The smallest absolute Gasteiger partial charge is 0.145 e. The van der Waals surface area contributed by atoms with Crippen molar-refractivity contribution in [3.63, 3.8) is 0 Å². The second-order valence-electron chi connectivity index (χ2n) is 6.19. The first-order chi connectivity index (χ1) is 9.46. The Hall–Kier alpha value is -1.55. The number of nitrogens with two attached hydrogens (primary N) is 1. The van der Waals surface area contributed by atoms with Gasteiger partial charge in [-0.25, -0.2) is 0 Å². The largest absolute Gasteiger partial charge is 0.409 e. The van der Waals surface area contributed by atoms with Crippen molar-refractivity contribution in [1.82, 2.24) is 4.90 Å². The summed E-state index contributed by atoms with van der Waals surface area (Å²) in [4.78, 5) is 2.46. The highest BCUT2D eigenvalue weighted by atomic mass is 16.4. The van der Waals surface area contributed by atoms with Crippen LogP contribution in [0, 0.1) is 19.3 Å². The quantitative estimate of drug-likeness (QED) is 0.386. The molecule has 1 aliphatic rings. The zero-order valence-corrected chi connectivity index (χ0v) is 12.7. The second kappa shape index (κ2) is 5.83. The van der Waals surface area contributed by atoms with Gasteiger partial charge in [0.15, 0.2) is 0 Å². The van der Waals surface area contributed by atoms with Crippen LogP contribution in [0.3, 0.4) is 0 Å². The van der Waals surface area contributed by atoms with Crippen molar-refractivity contribution < 1.29 is 5.21 Å². The SMILES string of the molecule is Cc1cccc(C)c1CN1CCC(C)(/C(N)=N/O)CC1. The molecule has 0 saturated carbocycles. The van der Waals surface area contributed by atoms with E-state index in [1.165, 1.54) is 16.7 Å². The van der Waals surface area contributed by atoms with E-state index in [9.17, 15) is 0 Å². The lowest BCUT2D eigenvalue weighted by molar-refractivity contribution is 0.152. The summed E-state index contributed by atoms with van der Waals surface area (Å²) in [5, 5.41) is 12.1. The second-order valence-corrected chi connectivity index (χ2v) is 6.19. The first-order valence-corrected chi connectivity index (χ1v) is 7.22. The molecule has 2 rings (SSSR count). The van der Waals surface area contributed by atoms with Gasteiger partial charge in [-0.1, -0.05) is 30.3 Å². The Kier molecular flexibility index (Phi) is 4.33. The van der Waals surface area contributed by atoms with Gasteiger partial charge in [-0.3, -0.25) is 4.90 Å². The molecule has 4 heteroatoms. The standard InChI is InChI=1S/C16H25N3O/c1-12-5-4-6-13(2)14(12)11-19-9-7-16(3,8-10-19)15(17)18-20/h4-6,20H,7-11H2,1-3H3,(H2,17,18). The van der Waals surface area contributed by atoms with Crippen molar-refractivity contribution in [1.29, 1.82) is 0 Å². The van der Waals surface area contributed by atoms with Gasteiger partial charge in [0.05, 0.1) is 0 Å². The van der Waals surface area contributed by atoms with Crippen LogP contribution >= 0.6 is 0 Å². The summed E-state index contributed by atoms with van der Waals surface area (Å²) in [6.45, 7) is 9.39. The molecule has 0 unspecified atom stereocenters. The van der Waals surface area contributed by atoms with Crippen LogP contribution in [-0.2, 0) is 6.54 Å². The Balaban J connectivity index is 2.02. The molecule has 1 fully saturated rings.